The fourth-order valence-corrected chi connectivity index (χ4v) is 2.22. The Hall–Kier alpha value is -1.64. The van der Waals surface area contributed by atoms with Crippen molar-refractivity contribution >= 4 is 12.7 Å². The van der Waals surface area contributed by atoms with Gasteiger partial charge in [-0.05, 0) is 18.1 Å². The van der Waals surface area contributed by atoms with Crippen LogP contribution >= 0.6 is 0 Å². The number of rotatable bonds is 5. The van der Waals surface area contributed by atoms with Gasteiger partial charge in [0.2, 0.25) is 0 Å². The Balaban J connectivity index is 0.00000103. The minimum Gasteiger partial charge on any atom is -0.334 e. The Bertz CT molecular complexity index is 395. The number of benzene rings is 1. The van der Waals surface area contributed by atoms with Crippen LogP contribution < -0.4 is 0 Å². The molecule has 0 atom stereocenters. The maximum atomic E-state index is 12.0. The fraction of sp³-hybridized carbons (Fsp3) is 0.467. The monoisotopic (exact) mass is 249 g/mol. The van der Waals surface area contributed by atoms with Gasteiger partial charge in [-0.1, -0.05) is 44.4 Å². The molecule has 0 N–H and O–H groups in total. The van der Waals surface area contributed by atoms with Crippen molar-refractivity contribution in [3.8, 4) is 0 Å². The molecule has 100 valence electrons. The van der Waals surface area contributed by atoms with Gasteiger partial charge in [0.05, 0.1) is 0 Å². The molecule has 0 radical (unpaired) electrons. The second-order valence-corrected chi connectivity index (χ2v) is 4.44. The van der Waals surface area contributed by atoms with E-state index in [1.165, 1.54) is 24.8 Å². The van der Waals surface area contributed by atoms with Crippen LogP contribution in [0, 0.1) is 0 Å². The molecule has 18 heavy (non-hydrogen) atoms. The number of amides is 1. The molecule has 0 aliphatic carbocycles. The van der Waals surface area contributed by atoms with Crippen LogP contribution in [0.3, 0.4) is 0 Å². The maximum absolute atomic E-state index is 12.0. The van der Waals surface area contributed by atoms with Crippen molar-refractivity contribution < 1.29 is 11.0 Å². The first-order valence-corrected chi connectivity index (χ1v) is 6.49. The number of carbonyl (C=O) groups excluding carboxylic acids is 2. The predicted molar refractivity (Wildman–Crippen MR) is 74.6 cm³/mol. The van der Waals surface area contributed by atoms with Gasteiger partial charge in [0, 0.05) is 20.1 Å². The number of fused-ring (bicyclic) bond motifs is 1. The summed E-state index contributed by atoms with van der Waals surface area (Å²) >= 11 is 0. The molecule has 0 aromatic heterocycles. The SMILES string of the molecule is C=O.CCCCCCN1Cc2ccccc2C1=O.[HH]. The summed E-state index contributed by atoms with van der Waals surface area (Å²) in [5.41, 5.74) is 2.08. The van der Waals surface area contributed by atoms with Gasteiger partial charge >= 0.3 is 0 Å². The summed E-state index contributed by atoms with van der Waals surface area (Å²) in [6, 6.07) is 7.94. The first kappa shape index (κ1) is 14.4. The topological polar surface area (TPSA) is 37.4 Å². The van der Waals surface area contributed by atoms with Crippen molar-refractivity contribution in [3.05, 3.63) is 35.4 Å². The molecule has 1 amide bonds. The molecule has 1 aliphatic heterocycles. The van der Waals surface area contributed by atoms with Gasteiger partial charge in [0.15, 0.2) is 0 Å². The molecule has 3 heteroatoms. The largest absolute Gasteiger partial charge is 0.334 e. The zero-order valence-electron chi connectivity index (χ0n) is 11.0. The van der Waals surface area contributed by atoms with Crippen LogP contribution in [0.4, 0.5) is 0 Å². The minimum atomic E-state index is 0. The van der Waals surface area contributed by atoms with Crippen LogP contribution in [0.15, 0.2) is 24.3 Å². The highest BCUT2D eigenvalue weighted by Gasteiger charge is 2.25. The molecule has 2 rings (SSSR count). The van der Waals surface area contributed by atoms with E-state index >= 15 is 0 Å². The van der Waals surface area contributed by atoms with Gasteiger partial charge in [0.25, 0.3) is 5.91 Å². The van der Waals surface area contributed by atoms with E-state index in [0.29, 0.717) is 0 Å². The molecule has 0 spiro atoms. The van der Waals surface area contributed by atoms with Crippen molar-refractivity contribution in [1.82, 2.24) is 4.90 Å². The van der Waals surface area contributed by atoms with Crippen molar-refractivity contribution in [1.29, 1.82) is 0 Å². The number of hydrogen-bond acceptors (Lipinski definition) is 2. The van der Waals surface area contributed by atoms with Gasteiger partial charge in [-0.2, -0.15) is 0 Å². The molecule has 1 aromatic rings. The second kappa shape index (κ2) is 7.64. The zero-order chi connectivity index (χ0) is 13.4. The molecule has 3 nitrogen and oxygen atoms in total. The molecule has 1 heterocycles. The highest BCUT2D eigenvalue weighted by Crippen LogP contribution is 2.22. The zero-order valence-corrected chi connectivity index (χ0v) is 11.0. The maximum Gasteiger partial charge on any atom is 0.254 e. The molecule has 0 unspecified atom stereocenters. The smallest absolute Gasteiger partial charge is 0.254 e. The van der Waals surface area contributed by atoms with Gasteiger partial charge in [-0.15, -0.1) is 0 Å². The Kier molecular flexibility index (Phi) is 6.12. The lowest BCUT2D eigenvalue weighted by Crippen LogP contribution is -2.24. The van der Waals surface area contributed by atoms with Crippen LogP contribution in [-0.4, -0.2) is 24.1 Å². The first-order chi connectivity index (χ1) is 8.83. The van der Waals surface area contributed by atoms with Crippen LogP contribution in [-0.2, 0) is 11.3 Å². The van der Waals surface area contributed by atoms with Crippen LogP contribution in [0.5, 0.6) is 0 Å². The number of nitrogens with zero attached hydrogens (tertiary/aromatic N) is 1. The van der Waals surface area contributed by atoms with Gasteiger partial charge in [-0.25, -0.2) is 0 Å². The third kappa shape index (κ3) is 3.42. The highest BCUT2D eigenvalue weighted by atomic mass is 16.2. The van der Waals surface area contributed by atoms with E-state index in [2.05, 4.69) is 13.0 Å². The normalized spacial score (nSPS) is 12.9. The van der Waals surface area contributed by atoms with Crippen molar-refractivity contribution in [2.45, 2.75) is 39.2 Å². The lowest BCUT2D eigenvalue weighted by atomic mass is 10.1. The van der Waals surface area contributed by atoms with Crippen molar-refractivity contribution in [3.63, 3.8) is 0 Å². The van der Waals surface area contributed by atoms with Crippen LogP contribution in [0.25, 0.3) is 0 Å². The molecule has 0 fully saturated rings. The van der Waals surface area contributed by atoms with E-state index in [9.17, 15) is 4.79 Å². The number of carbonyl (C=O) groups is 2. The van der Waals surface area contributed by atoms with E-state index in [-0.39, 0.29) is 7.33 Å². The number of unbranched alkanes of at least 4 members (excludes halogenated alkanes) is 3. The number of hydrogen-bond donors (Lipinski definition) is 0. The summed E-state index contributed by atoms with van der Waals surface area (Å²) in [6.45, 7) is 5.92. The van der Waals surface area contributed by atoms with E-state index < -0.39 is 0 Å². The lowest BCUT2D eigenvalue weighted by Gasteiger charge is -2.14. The Morgan fingerprint density at radius 3 is 2.61 bits per heavy atom. The second-order valence-electron chi connectivity index (χ2n) is 4.44. The van der Waals surface area contributed by atoms with Gasteiger partial charge in [0.1, 0.15) is 6.79 Å². The summed E-state index contributed by atoms with van der Waals surface area (Å²) < 4.78 is 0. The van der Waals surface area contributed by atoms with Crippen molar-refractivity contribution in [2.24, 2.45) is 0 Å². The molecule has 1 aromatic carbocycles. The van der Waals surface area contributed by atoms with E-state index in [1.807, 2.05) is 29.9 Å². The van der Waals surface area contributed by atoms with E-state index in [4.69, 9.17) is 4.79 Å². The third-order valence-corrected chi connectivity index (χ3v) is 3.18. The Labute approximate surface area is 110 Å². The molecule has 0 bridgehead atoms. The third-order valence-electron chi connectivity index (χ3n) is 3.18. The molecule has 0 saturated heterocycles. The molecule has 1 aliphatic rings. The average molecular weight is 249 g/mol. The van der Waals surface area contributed by atoms with Crippen LogP contribution in [0.1, 0.15) is 50.0 Å². The Morgan fingerprint density at radius 1 is 1.22 bits per heavy atom. The quantitative estimate of drug-likeness (QED) is 0.751. The summed E-state index contributed by atoms with van der Waals surface area (Å²) in [5, 5.41) is 0. The van der Waals surface area contributed by atoms with Crippen LogP contribution in [0.2, 0.25) is 0 Å². The minimum absolute atomic E-state index is 0. The summed E-state index contributed by atoms with van der Waals surface area (Å²) in [6.07, 6.45) is 4.88. The summed E-state index contributed by atoms with van der Waals surface area (Å²) in [5.74, 6) is 0.215. The lowest BCUT2D eigenvalue weighted by molar-refractivity contribution is -0.0979. The van der Waals surface area contributed by atoms with Crippen molar-refractivity contribution in [2.75, 3.05) is 6.54 Å². The molecular weight excluding hydrogens is 226 g/mol. The summed E-state index contributed by atoms with van der Waals surface area (Å²) in [4.78, 5) is 22.0. The van der Waals surface area contributed by atoms with Gasteiger partial charge in [-0.3, -0.25) is 4.79 Å². The summed E-state index contributed by atoms with van der Waals surface area (Å²) in [7, 11) is 0. The average Bonchev–Trinajstić information content (AvgIpc) is 2.75. The Morgan fingerprint density at radius 2 is 1.94 bits per heavy atom. The molecule has 0 saturated carbocycles. The first-order valence-electron chi connectivity index (χ1n) is 6.49. The standard InChI is InChI=1S/C14H19NO.CH2O.H2/c1-2-3-4-7-10-15-11-12-8-5-6-9-13(12)14(15)16;1-2;/h5-6,8-9H,2-4,7,10-11H2,1H3;1H2;1H. The fourth-order valence-electron chi connectivity index (χ4n) is 2.22. The van der Waals surface area contributed by atoms with E-state index in [0.717, 1.165) is 25.1 Å². The highest BCUT2D eigenvalue weighted by molar-refractivity contribution is 5.98. The molecular formula is C15H23NO2. The van der Waals surface area contributed by atoms with E-state index in [1.54, 1.807) is 0 Å². The van der Waals surface area contributed by atoms with Gasteiger partial charge < -0.3 is 9.69 Å². The predicted octanol–water partition coefficient (Wildman–Crippen LogP) is 3.28.